The molecule has 1 amide bonds. The Morgan fingerprint density at radius 3 is 2.23 bits per heavy atom. The highest BCUT2D eigenvalue weighted by atomic mass is 16.5. The third kappa shape index (κ3) is 3.23. The summed E-state index contributed by atoms with van der Waals surface area (Å²) in [5.74, 6) is 0.928. The molecule has 2 atom stereocenters. The van der Waals surface area contributed by atoms with E-state index in [0.717, 1.165) is 17.0 Å². The van der Waals surface area contributed by atoms with E-state index in [1.54, 1.807) is 19.2 Å². The topological polar surface area (TPSA) is 56.3 Å². The quantitative estimate of drug-likeness (QED) is 0.751. The second kappa shape index (κ2) is 7.49. The summed E-state index contributed by atoms with van der Waals surface area (Å²) in [5, 5.41) is 9.01. The summed E-state index contributed by atoms with van der Waals surface area (Å²) >= 11 is 0. The number of anilines is 1. The van der Waals surface area contributed by atoms with Crippen LogP contribution in [0.2, 0.25) is 0 Å². The van der Waals surface area contributed by atoms with Crippen LogP contribution in [0.1, 0.15) is 31.0 Å². The van der Waals surface area contributed by atoms with Gasteiger partial charge in [0.25, 0.3) is 0 Å². The molecular formula is C21H23N3O2. The van der Waals surface area contributed by atoms with E-state index < -0.39 is 0 Å². The van der Waals surface area contributed by atoms with Crippen LogP contribution in [-0.2, 0) is 4.79 Å². The summed E-state index contributed by atoms with van der Waals surface area (Å²) in [5.41, 5.74) is 2.66. The number of nitrogens with zero attached hydrogens (tertiary/aromatic N) is 3. The maximum Gasteiger partial charge on any atom is 0.247 e. The van der Waals surface area contributed by atoms with Gasteiger partial charge < -0.3 is 14.5 Å². The van der Waals surface area contributed by atoms with Crippen molar-refractivity contribution in [2.45, 2.75) is 25.9 Å². The number of carbonyl (C=O) groups excluding carboxylic acids is 1. The summed E-state index contributed by atoms with van der Waals surface area (Å²) in [4.78, 5) is 17.0. The normalized spacial score (nSPS) is 18.2. The molecule has 0 saturated carbocycles. The lowest BCUT2D eigenvalue weighted by Gasteiger charge is -2.18. The van der Waals surface area contributed by atoms with Crippen molar-refractivity contribution in [3.8, 4) is 11.8 Å². The Balaban J connectivity index is 1.92. The van der Waals surface area contributed by atoms with Crippen LogP contribution in [0.4, 0.5) is 5.69 Å². The molecule has 0 unspecified atom stereocenters. The summed E-state index contributed by atoms with van der Waals surface area (Å²) < 4.78 is 5.23. The van der Waals surface area contributed by atoms with E-state index in [-0.39, 0.29) is 18.0 Å². The molecule has 0 aliphatic carbocycles. The summed E-state index contributed by atoms with van der Waals surface area (Å²) in [6.45, 7) is 5.39. The highest BCUT2D eigenvalue weighted by Gasteiger charge is 2.54. The largest absolute Gasteiger partial charge is 0.497 e. The number of ether oxygens (including phenoxy) is 1. The fourth-order valence-electron chi connectivity index (χ4n) is 3.38. The van der Waals surface area contributed by atoms with Crippen molar-refractivity contribution in [3.05, 3.63) is 59.7 Å². The molecule has 0 bridgehead atoms. The van der Waals surface area contributed by atoms with E-state index in [9.17, 15) is 4.79 Å². The van der Waals surface area contributed by atoms with Gasteiger partial charge in [-0.15, -0.1) is 0 Å². The minimum Gasteiger partial charge on any atom is -0.497 e. The van der Waals surface area contributed by atoms with Gasteiger partial charge in [0.15, 0.2) is 0 Å². The highest BCUT2D eigenvalue weighted by Crippen LogP contribution is 2.48. The van der Waals surface area contributed by atoms with E-state index in [4.69, 9.17) is 10.00 Å². The van der Waals surface area contributed by atoms with E-state index in [2.05, 4.69) is 11.0 Å². The number of hydrogen-bond donors (Lipinski definition) is 0. The Bertz CT molecular complexity index is 805. The Kier molecular flexibility index (Phi) is 5.13. The van der Waals surface area contributed by atoms with Gasteiger partial charge >= 0.3 is 0 Å². The molecule has 0 N–H and O–H groups in total. The lowest BCUT2D eigenvalue weighted by molar-refractivity contribution is -0.130. The van der Waals surface area contributed by atoms with Crippen molar-refractivity contribution in [2.75, 3.05) is 25.1 Å². The molecule has 1 saturated heterocycles. The first-order valence-electron chi connectivity index (χ1n) is 8.85. The lowest BCUT2D eigenvalue weighted by atomic mass is 10.1. The zero-order valence-corrected chi connectivity index (χ0v) is 15.3. The average molecular weight is 349 g/mol. The van der Waals surface area contributed by atoms with Crippen LogP contribution in [0, 0.1) is 11.3 Å². The molecule has 1 aliphatic rings. The number of methoxy groups -OCH3 is 1. The number of benzene rings is 2. The van der Waals surface area contributed by atoms with Crippen LogP contribution in [0.15, 0.2) is 48.5 Å². The molecule has 0 spiro atoms. The predicted octanol–water partition coefficient (Wildman–Crippen LogP) is 3.37. The third-order valence-corrected chi connectivity index (χ3v) is 4.89. The van der Waals surface area contributed by atoms with Gasteiger partial charge in [-0.25, -0.2) is 0 Å². The minimum absolute atomic E-state index is 0.00997. The third-order valence-electron chi connectivity index (χ3n) is 4.89. The number of hydrogen-bond acceptors (Lipinski definition) is 4. The minimum atomic E-state index is -0.212. The van der Waals surface area contributed by atoms with E-state index in [1.807, 2.05) is 55.1 Å². The fraction of sp³-hybridized carbons (Fsp3) is 0.333. The molecule has 26 heavy (non-hydrogen) atoms. The smallest absolute Gasteiger partial charge is 0.247 e. The molecule has 2 aromatic rings. The van der Waals surface area contributed by atoms with Crippen molar-refractivity contribution in [3.63, 3.8) is 0 Å². The van der Waals surface area contributed by atoms with Crippen LogP contribution in [0.5, 0.6) is 5.75 Å². The molecule has 134 valence electrons. The van der Waals surface area contributed by atoms with E-state index >= 15 is 0 Å². The van der Waals surface area contributed by atoms with Crippen LogP contribution in [0.3, 0.4) is 0 Å². The molecule has 5 heteroatoms. The van der Waals surface area contributed by atoms with Crippen molar-refractivity contribution < 1.29 is 9.53 Å². The van der Waals surface area contributed by atoms with Crippen molar-refractivity contribution in [1.29, 1.82) is 5.26 Å². The second-order valence-electron chi connectivity index (χ2n) is 6.24. The number of amides is 1. The Labute approximate surface area is 154 Å². The zero-order chi connectivity index (χ0) is 18.7. The number of rotatable bonds is 6. The fourth-order valence-corrected chi connectivity index (χ4v) is 3.38. The van der Waals surface area contributed by atoms with Gasteiger partial charge in [-0.05, 0) is 55.8 Å². The van der Waals surface area contributed by atoms with Crippen molar-refractivity contribution in [1.82, 2.24) is 4.90 Å². The molecule has 3 rings (SSSR count). The number of carbonyl (C=O) groups is 1. The lowest BCUT2D eigenvalue weighted by Crippen LogP contribution is -2.35. The molecule has 5 nitrogen and oxygen atoms in total. The predicted molar refractivity (Wildman–Crippen MR) is 101 cm³/mol. The van der Waals surface area contributed by atoms with Gasteiger partial charge in [-0.3, -0.25) is 4.79 Å². The highest BCUT2D eigenvalue weighted by molar-refractivity contribution is 5.93. The standard InChI is InChI=1S/C21H23N3O2/c1-4-23(5-2)21(25)20-19(16-8-6-15(14-22)7-9-16)24(20)17-10-12-18(26-3)13-11-17/h6-13,19-20H,4-5H2,1-3H3/t19-,20+,24?/m0/s1. The van der Waals surface area contributed by atoms with Crippen LogP contribution in [-0.4, -0.2) is 37.0 Å². The van der Waals surface area contributed by atoms with Gasteiger partial charge in [-0.2, -0.15) is 5.26 Å². The molecular weight excluding hydrogens is 326 g/mol. The van der Waals surface area contributed by atoms with Crippen molar-refractivity contribution >= 4 is 11.6 Å². The molecule has 1 aliphatic heterocycles. The Morgan fingerprint density at radius 2 is 1.73 bits per heavy atom. The molecule has 0 radical (unpaired) electrons. The van der Waals surface area contributed by atoms with Gasteiger partial charge in [0.2, 0.25) is 5.91 Å². The first-order chi connectivity index (χ1) is 12.6. The average Bonchev–Trinajstić information content (AvgIpc) is 3.44. The maximum atomic E-state index is 13.0. The summed E-state index contributed by atoms with van der Waals surface area (Å²) in [6, 6.07) is 17.2. The van der Waals surface area contributed by atoms with Crippen LogP contribution < -0.4 is 9.64 Å². The zero-order valence-electron chi connectivity index (χ0n) is 15.3. The number of likely N-dealkylation sites (N-methyl/N-ethyl adjacent to an activating group) is 1. The summed E-state index contributed by atoms with van der Waals surface area (Å²) in [7, 11) is 1.64. The van der Waals surface area contributed by atoms with Gasteiger partial charge in [0, 0.05) is 18.8 Å². The van der Waals surface area contributed by atoms with E-state index in [1.165, 1.54) is 0 Å². The SMILES string of the molecule is CCN(CC)C(=O)[C@H]1[C@H](c2ccc(C#N)cc2)N1c1ccc(OC)cc1. The van der Waals surface area contributed by atoms with Gasteiger partial charge in [0.1, 0.15) is 11.8 Å². The van der Waals surface area contributed by atoms with Gasteiger partial charge in [-0.1, -0.05) is 12.1 Å². The summed E-state index contributed by atoms with van der Waals surface area (Å²) in [6.07, 6.45) is 0. The molecule has 1 heterocycles. The van der Waals surface area contributed by atoms with Gasteiger partial charge in [0.05, 0.1) is 24.8 Å². The first-order valence-corrected chi connectivity index (χ1v) is 8.85. The van der Waals surface area contributed by atoms with Crippen molar-refractivity contribution in [2.24, 2.45) is 0 Å². The number of nitriles is 1. The maximum absolute atomic E-state index is 13.0. The molecule has 1 fully saturated rings. The van der Waals surface area contributed by atoms with Crippen LogP contribution >= 0.6 is 0 Å². The Morgan fingerprint density at radius 1 is 1.12 bits per heavy atom. The van der Waals surface area contributed by atoms with Crippen LogP contribution in [0.25, 0.3) is 0 Å². The monoisotopic (exact) mass is 349 g/mol. The second-order valence-corrected chi connectivity index (χ2v) is 6.24. The molecule has 0 aromatic heterocycles. The molecule has 2 aromatic carbocycles. The first kappa shape index (κ1) is 17.8. The van der Waals surface area contributed by atoms with E-state index in [0.29, 0.717) is 18.7 Å². The Hall–Kier alpha value is -3.00.